The summed E-state index contributed by atoms with van der Waals surface area (Å²) in [6, 6.07) is -3.99. The maximum atomic E-state index is 13.3. The van der Waals surface area contributed by atoms with Gasteiger partial charge in [-0.3, -0.25) is 24.0 Å². The van der Waals surface area contributed by atoms with E-state index in [2.05, 4.69) is 54.3 Å². The van der Waals surface area contributed by atoms with Crippen molar-refractivity contribution in [1.82, 2.24) is 26.6 Å². The second kappa shape index (κ2) is 20.2. The molecule has 1 unspecified atom stereocenters. The topological polar surface area (TPSA) is 172 Å². The summed E-state index contributed by atoms with van der Waals surface area (Å²) in [5.41, 5.74) is 0.0881. The number of ether oxygens (including phenoxy) is 1. The summed E-state index contributed by atoms with van der Waals surface area (Å²) in [6.45, 7) is 18.8. The van der Waals surface area contributed by atoms with Gasteiger partial charge < -0.3 is 31.3 Å². The van der Waals surface area contributed by atoms with Crippen LogP contribution in [0.1, 0.15) is 127 Å². The van der Waals surface area contributed by atoms with Crippen molar-refractivity contribution in [1.29, 1.82) is 0 Å². The first-order chi connectivity index (χ1) is 21.8. The first-order valence-electron chi connectivity index (χ1n) is 17.5. The number of cyclic esters (lactones) is 1. The average Bonchev–Trinajstić information content (AvgIpc) is 2.95. The third-order valence-electron chi connectivity index (χ3n) is 8.48. The van der Waals surface area contributed by atoms with Gasteiger partial charge in [0.15, 0.2) is 0 Å². The Morgan fingerprint density at radius 2 is 1.34 bits per heavy atom. The molecular weight excluding hydrogens is 602 g/mol. The molecule has 5 N–H and O–H groups in total. The van der Waals surface area contributed by atoms with Crippen LogP contribution in [-0.2, 0) is 33.5 Å². The summed E-state index contributed by atoms with van der Waals surface area (Å²) >= 11 is 0. The first-order valence-corrected chi connectivity index (χ1v) is 17.5. The predicted octanol–water partition coefficient (Wildman–Crippen LogP) is 3.51. The molecular formula is C35H63N5O7. The molecule has 5 atom stereocenters. The second-order valence-electron chi connectivity index (χ2n) is 15.2. The van der Waals surface area contributed by atoms with Crippen LogP contribution in [0.2, 0.25) is 0 Å². The van der Waals surface area contributed by atoms with Crippen LogP contribution in [0.4, 0.5) is 0 Å². The van der Waals surface area contributed by atoms with Gasteiger partial charge in [-0.2, -0.15) is 0 Å². The maximum Gasteiger partial charge on any atom is 0.328 e. The van der Waals surface area contributed by atoms with Crippen molar-refractivity contribution in [3.8, 4) is 0 Å². The summed E-state index contributed by atoms with van der Waals surface area (Å²) < 4.78 is 5.74. The molecule has 1 fully saturated rings. The van der Waals surface area contributed by atoms with Gasteiger partial charge in [-0.05, 0) is 69.1 Å². The maximum absolute atomic E-state index is 13.3. The third kappa shape index (κ3) is 17.0. The molecule has 0 radical (unpaired) electrons. The zero-order chi connectivity index (χ0) is 35.9. The van der Waals surface area contributed by atoms with Gasteiger partial charge in [-0.1, -0.05) is 74.7 Å². The Morgan fingerprint density at radius 3 is 1.94 bits per heavy atom. The zero-order valence-corrected chi connectivity index (χ0v) is 30.5. The molecule has 47 heavy (non-hydrogen) atoms. The second-order valence-corrected chi connectivity index (χ2v) is 15.2. The molecule has 0 aromatic carbocycles. The lowest BCUT2D eigenvalue weighted by Crippen LogP contribution is -2.58. The fraction of sp³-hybridized carbons (Fsp3) is 0.829. The van der Waals surface area contributed by atoms with Gasteiger partial charge in [0.05, 0.1) is 13.0 Å². The largest absolute Gasteiger partial charge is 0.460 e. The van der Waals surface area contributed by atoms with Crippen molar-refractivity contribution in [3.63, 3.8) is 0 Å². The Labute approximate surface area is 282 Å². The van der Waals surface area contributed by atoms with Crippen LogP contribution < -0.4 is 26.6 Å². The van der Waals surface area contributed by atoms with Crippen molar-refractivity contribution in [3.05, 3.63) is 0 Å². The Kier molecular flexibility index (Phi) is 18.0. The third-order valence-corrected chi connectivity index (χ3v) is 8.48. The molecule has 1 aliphatic heterocycles. The van der Waals surface area contributed by atoms with Crippen LogP contribution in [-0.4, -0.2) is 72.3 Å². The highest BCUT2D eigenvalue weighted by Crippen LogP contribution is 2.31. The minimum absolute atomic E-state index is 0.0302. The van der Waals surface area contributed by atoms with Gasteiger partial charge in [-0.25, -0.2) is 4.79 Å². The monoisotopic (exact) mass is 665 g/mol. The van der Waals surface area contributed by atoms with Crippen molar-refractivity contribution in [2.24, 2.45) is 23.2 Å². The van der Waals surface area contributed by atoms with E-state index in [1.807, 2.05) is 13.8 Å². The van der Waals surface area contributed by atoms with Gasteiger partial charge in [0, 0.05) is 0 Å². The fourth-order valence-corrected chi connectivity index (χ4v) is 5.52. The number of hydrogen-bond donors (Lipinski definition) is 5. The lowest BCUT2D eigenvalue weighted by molar-refractivity contribution is -0.154. The van der Waals surface area contributed by atoms with E-state index in [0.29, 0.717) is 18.8 Å². The van der Waals surface area contributed by atoms with Crippen molar-refractivity contribution < 1.29 is 33.5 Å². The predicted molar refractivity (Wildman–Crippen MR) is 182 cm³/mol. The number of esters is 1. The molecule has 270 valence electrons. The molecule has 0 spiro atoms. The molecule has 12 heteroatoms. The van der Waals surface area contributed by atoms with Crippen LogP contribution >= 0.6 is 0 Å². The Hall–Kier alpha value is -3.18. The number of carbonyl (C=O) groups is 6. The van der Waals surface area contributed by atoms with E-state index in [-0.39, 0.29) is 30.2 Å². The molecule has 0 aromatic heterocycles. The minimum atomic E-state index is -1.05. The van der Waals surface area contributed by atoms with Gasteiger partial charge >= 0.3 is 5.97 Å². The number of hydrogen-bond acceptors (Lipinski definition) is 7. The molecule has 1 aliphatic rings. The smallest absolute Gasteiger partial charge is 0.328 e. The van der Waals surface area contributed by atoms with Gasteiger partial charge in [0.2, 0.25) is 29.5 Å². The molecule has 12 nitrogen and oxygen atoms in total. The lowest BCUT2D eigenvalue weighted by atomic mass is 9.81. The van der Waals surface area contributed by atoms with E-state index in [0.717, 1.165) is 25.7 Å². The van der Waals surface area contributed by atoms with Crippen LogP contribution in [0, 0.1) is 23.2 Å². The number of amides is 5. The molecule has 1 rings (SSSR count). The standard InChI is InChI=1S/C35H63N5O7/c1-21(2)14-11-12-16-35(9,10)17-13-15-26-19-28(41)36-20-29(42)40-30(23(5)6)33(45)39-27(18-22(3)4)32(44)37-24(7)31(43)38-25(8)34(46)47-26/h21-27,30H,11-20H2,1-10H3,(H,36,41)(H,37,44)(H,38,43)(H,39,45)(H,40,42)/t24-,25-,26?,27-,30-/m0/s1. The highest BCUT2D eigenvalue weighted by molar-refractivity contribution is 5.95. The van der Waals surface area contributed by atoms with E-state index in [4.69, 9.17) is 4.74 Å². The number of rotatable bonds is 12. The van der Waals surface area contributed by atoms with Gasteiger partial charge in [-0.15, -0.1) is 0 Å². The molecule has 0 bridgehead atoms. The van der Waals surface area contributed by atoms with E-state index >= 15 is 0 Å². The van der Waals surface area contributed by atoms with Crippen LogP contribution in [0.5, 0.6) is 0 Å². The molecule has 0 aromatic rings. The van der Waals surface area contributed by atoms with E-state index in [1.165, 1.54) is 26.7 Å². The highest BCUT2D eigenvalue weighted by atomic mass is 16.5. The van der Waals surface area contributed by atoms with Crippen LogP contribution in [0.15, 0.2) is 0 Å². The van der Waals surface area contributed by atoms with E-state index in [9.17, 15) is 28.8 Å². The van der Waals surface area contributed by atoms with Gasteiger partial charge in [0.1, 0.15) is 30.3 Å². The normalized spacial score (nSPS) is 24.8. The average molecular weight is 666 g/mol. The minimum Gasteiger partial charge on any atom is -0.460 e. The Morgan fingerprint density at radius 1 is 0.723 bits per heavy atom. The molecule has 5 amide bonds. The molecule has 0 saturated carbocycles. The van der Waals surface area contributed by atoms with Crippen molar-refractivity contribution in [2.45, 2.75) is 157 Å². The Bertz CT molecular complexity index is 1060. The van der Waals surface area contributed by atoms with Crippen molar-refractivity contribution >= 4 is 35.5 Å². The lowest BCUT2D eigenvalue weighted by Gasteiger charge is -2.27. The number of unbranched alkanes of at least 4 members (excludes halogenated alkanes) is 1. The SMILES string of the molecule is CC(C)CCCCC(C)(C)CCCC1CC(=O)NCC(=O)N[C@@H](C(C)C)C(=O)N[C@@H](CC(C)C)C(=O)N[C@@H](C)C(=O)N[C@@H](C)C(=O)O1. The van der Waals surface area contributed by atoms with Crippen LogP contribution in [0.25, 0.3) is 0 Å². The van der Waals surface area contributed by atoms with Crippen LogP contribution in [0.3, 0.4) is 0 Å². The molecule has 1 heterocycles. The molecule has 0 aliphatic carbocycles. The van der Waals surface area contributed by atoms with Gasteiger partial charge in [0.25, 0.3) is 0 Å². The quantitative estimate of drug-likeness (QED) is 0.157. The van der Waals surface area contributed by atoms with E-state index in [1.54, 1.807) is 13.8 Å². The zero-order valence-electron chi connectivity index (χ0n) is 30.5. The first kappa shape index (κ1) is 41.8. The number of nitrogens with one attached hydrogen (secondary N) is 5. The number of carbonyl (C=O) groups excluding carboxylic acids is 6. The summed E-state index contributed by atoms with van der Waals surface area (Å²) in [6.07, 6.45) is 5.99. The highest BCUT2D eigenvalue weighted by Gasteiger charge is 2.32. The summed E-state index contributed by atoms with van der Waals surface area (Å²) in [5, 5.41) is 13.2. The summed E-state index contributed by atoms with van der Waals surface area (Å²) in [4.78, 5) is 78.2. The van der Waals surface area contributed by atoms with E-state index < -0.39 is 65.8 Å². The van der Waals surface area contributed by atoms with Crippen molar-refractivity contribution in [2.75, 3.05) is 6.54 Å². The Balaban J connectivity index is 3.14. The molecule has 1 saturated heterocycles. The summed E-state index contributed by atoms with van der Waals surface area (Å²) in [7, 11) is 0. The summed E-state index contributed by atoms with van der Waals surface area (Å²) in [5.74, 6) is -3.08. The fourth-order valence-electron chi connectivity index (χ4n) is 5.52.